The van der Waals surface area contributed by atoms with E-state index in [0.717, 1.165) is 6.04 Å². The van der Waals surface area contributed by atoms with Crippen molar-refractivity contribution in [3.63, 3.8) is 0 Å². The summed E-state index contributed by atoms with van der Waals surface area (Å²) >= 11 is 0. The molecule has 2 heteroatoms. The third-order valence-electron chi connectivity index (χ3n) is 3.42. The lowest BCUT2D eigenvalue weighted by molar-refractivity contribution is 0.213. The first-order valence-electron chi connectivity index (χ1n) is 6.62. The van der Waals surface area contributed by atoms with Crippen molar-refractivity contribution >= 4 is 24.0 Å². The van der Waals surface area contributed by atoms with E-state index in [1.54, 1.807) is 0 Å². The molecule has 1 unspecified atom stereocenters. The summed E-state index contributed by atoms with van der Waals surface area (Å²) in [6.07, 6.45) is 11.3. The summed E-state index contributed by atoms with van der Waals surface area (Å²) in [6.45, 7) is 7.36. The number of rotatable bonds is 7. The first-order chi connectivity index (χ1) is 6.88. The molecule has 0 spiro atoms. The lowest BCUT2D eigenvalue weighted by atomic mass is 10.0. The Morgan fingerprint density at radius 2 is 1.60 bits per heavy atom. The Hall–Kier alpha value is 0.690. The molecule has 1 fully saturated rings. The van der Waals surface area contributed by atoms with Crippen LogP contribution >= 0.6 is 24.0 Å². The quantitative estimate of drug-likeness (QED) is 0.494. The number of likely N-dealkylation sites (tertiary alicyclic amines) is 1. The summed E-state index contributed by atoms with van der Waals surface area (Å²) in [5.74, 6) is 0. The van der Waals surface area contributed by atoms with Gasteiger partial charge in [-0.3, -0.25) is 0 Å². The fraction of sp³-hybridized carbons (Fsp3) is 1.00. The van der Waals surface area contributed by atoms with Crippen molar-refractivity contribution in [2.75, 3.05) is 13.1 Å². The van der Waals surface area contributed by atoms with Crippen molar-refractivity contribution in [2.45, 2.75) is 71.3 Å². The molecular weight excluding hydrogens is 297 g/mol. The van der Waals surface area contributed by atoms with Gasteiger partial charge in [0, 0.05) is 6.04 Å². The van der Waals surface area contributed by atoms with Crippen LogP contribution in [0.1, 0.15) is 65.2 Å². The Morgan fingerprint density at radius 3 is 2.13 bits per heavy atom. The number of unbranched alkanes of at least 4 members (excludes halogenated alkanes) is 2. The number of hydrogen-bond acceptors (Lipinski definition) is 1. The van der Waals surface area contributed by atoms with Crippen LogP contribution in [0, 0.1) is 0 Å². The summed E-state index contributed by atoms with van der Waals surface area (Å²) in [7, 11) is 0. The fourth-order valence-corrected chi connectivity index (χ4v) is 2.58. The minimum absolute atomic E-state index is 0. The Balaban J connectivity index is 0.00000196. The van der Waals surface area contributed by atoms with Gasteiger partial charge in [-0.1, -0.05) is 39.5 Å². The largest absolute Gasteiger partial charge is 0.300 e. The molecule has 0 saturated carbocycles. The molecule has 0 aromatic rings. The standard InChI is InChI=1S/C13H27N.HI/c1-3-5-6-10-13(9-4-2)14-11-7-8-12-14;/h13H,3-12H2,1-2H3;1H. The second-order valence-electron chi connectivity index (χ2n) is 4.68. The zero-order valence-electron chi connectivity index (χ0n) is 10.5. The van der Waals surface area contributed by atoms with Gasteiger partial charge in [0.15, 0.2) is 0 Å². The van der Waals surface area contributed by atoms with Gasteiger partial charge in [-0.05, 0) is 38.8 Å². The fourth-order valence-electron chi connectivity index (χ4n) is 2.58. The van der Waals surface area contributed by atoms with Gasteiger partial charge < -0.3 is 4.90 Å². The third-order valence-corrected chi connectivity index (χ3v) is 3.42. The molecule has 1 nitrogen and oxygen atoms in total. The molecule has 1 aliphatic rings. The van der Waals surface area contributed by atoms with Crippen LogP contribution < -0.4 is 0 Å². The van der Waals surface area contributed by atoms with Crippen molar-refractivity contribution in [3.8, 4) is 0 Å². The molecule has 0 aliphatic carbocycles. The van der Waals surface area contributed by atoms with Crippen LogP contribution in [0.3, 0.4) is 0 Å². The molecule has 1 aliphatic heterocycles. The van der Waals surface area contributed by atoms with Gasteiger partial charge in [0.05, 0.1) is 0 Å². The molecule has 0 aromatic heterocycles. The summed E-state index contributed by atoms with van der Waals surface area (Å²) in [4.78, 5) is 2.74. The highest BCUT2D eigenvalue weighted by Gasteiger charge is 2.20. The van der Waals surface area contributed by atoms with Gasteiger partial charge in [-0.25, -0.2) is 0 Å². The SMILES string of the molecule is CCCCCC(CCC)N1CCCC1.I. The van der Waals surface area contributed by atoms with Crippen LogP contribution in [-0.4, -0.2) is 24.0 Å². The molecule has 1 heterocycles. The molecule has 0 amide bonds. The van der Waals surface area contributed by atoms with E-state index in [2.05, 4.69) is 18.7 Å². The number of hydrogen-bond donors (Lipinski definition) is 0. The van der Waals surface area contributed by atoms with Crippen LogP contribution in [-0.2, 0) is 0 Å². The Kier molecular flexibility index (Phi) is 10.3. The smallest absolute Gasteiger partial charge is 0.00951 e. The lowest BCUT2D eigenvalue weighted by Gasteiger charge is -2.27. The summed E-state index contributed by atoms with van der Waals surface area (Å²) < 4.78 is 0. The molecule has 1 saturated heterocycles. The molecule has 92 valence electrons. The van der Waals surface area contributed by atoms with Crippen molar-refractivity contribution in [1.82, 2.24) is 4.90 Å². The monoisotopic (exact) mass is 325 g/mol. The van der Waals surface area contributed by atoms with E-state index in [1.807, 2.05) is 0 Å². The molecule has 15 heavy (non-hydrogen) atoms. The van der Waals surface area contributed by atoms with Crippen LogP contribution in [0.2, 0.25) is 0 Å². The van der Waals surface area contributed by atoms with Gasteiger partial charge in [0.2, 0.25) is 0 Å². The molecule has 1 rings (SSSR count). The zero-order valence-corrected chi connectivity index (χ0v) is 12.8. The Morgan fingerprint density at radius 1 is 0.933 bits per heavy atom. The maximum absolute atomic E-state index is 2.74. The van der Waals surface area contributed by atoms with Crippen LogP contribution in [0.4, 0.5) is 0 Å². The Bertz CT molecular complexity index is 132. The van der Waals surface area contributed by atoms with Gasteiger partial charge >= 0.3 is 0 Å². The molecule has 1 atom stereocenters. The summed E-state index contributed by atoms with van der Waals surface area (Å²) in [6, 6.07) is 0.911. The van der Waals surface area contributed by atoms with Crippen molar-refractivity contribution in [1.29, 1.82) is 0 Å². The van der Waals surface area contributed by atoms with Gasteiger partial charge in [0.1, 0.15) is 0 Å². The summed E-state index contributed by atoms with van der Waals surface area (Å²) in [5.41, 5.74) is 0. The molecule has 0 bridgehead atoms. The summed E-state index contributed by atoms with van der Waals surface area (Å²) in [5, 5.41) is 0. The maximum atomic E-state index is 2.74. The van der Waals surface area contributed by atoms with E-state index >= 15 is 0 Å². The number of halogens is 1. The zero-order chi connectivity index (χ0) is 10.2. The second kappa shape index (κ2) is 9.88. The highest BCUT2D eigenvalue weighted by atomic mass is 127. The predicted octanol–water partition coefficient (Wildman–Crippen LogP) is 4.45. The molecule has 0 N–H and O–H groups in total. The molecule has 0 aromatic carbocycles. The highest BCUT2D eigenvalue weighted by Crippen LogP contribution is 2.20. The minimum atomic E-state index is 0. The minimum Gasteiger partial charge on any atom is -0.300 e. The van der Waals surface area contributed by atoms with E-state index < -0.39 is 0 Å². The first kappa shape index (κ1) is 15.7. The average Bonchev–Trinajstić information content (AvgIpc) is 2.70. The van der Waals surface area contributed by atoms with Crippen molar-refractivity contribution in [3.05, 3.63) is 0 Å². The lowest BCUT2D eigenvalue weighted by Crippen LogP contribution is -2.32. The molecule has 0 radical (unpaired) electrons. The van der Waals surface area contributed by atoms with Crippen molar-refractivity contribution in [2.24, 2.45) is 0 Å². The Labute approximate surface area is 113 Å². The van der Waals surface area contributed by atoms with E-state index in [0.29, 0.717) is 0 Å². The van der Waals surface area contributed by atoms with Crippen LogP contribution in [0.15, 0.2) is 0 Å². The maximum Gasteiger partial charge on any atom is 0.00951 e. The average molecular weight is 325 g/mol. The third kappa shape index (κ3) is 6.10. The van der Waals surface area contributed by atoms with E-state index in [-0.39, 0.29) is 24.0 Å². The topological polar surface area (TPSA) is 3.24 Å². The first-order valence-corrected chi connectivity index (χ1v) is 6.62. The second-order valence-corrected chi connectivity index (χ2v) is 4.68. The molecular formula is C13H28IN. The van der Waals surface area contributed by atoms with Gasteiger partial charge in [0.25, 0.3) is 0 Å². The van der Waals surface area contributed by atoms with E-state index in [1.165, 1.54) is 64.5 Å². The van der Waals surface area contributed by atoms with Crippen molar-refractivity contribution < 1.29 is 0 Å². The van der Waals surface area contributed by atoms with Gasteiger partial charge in [-0.2, -0.15) is 0 Å². The van der Waals surface area contributed by atoms with E-state index in [9.17, 15) is 0 Å². The highest BCUT2D eigenvalue weighted by molar-refractivity contribution is 14.0. The van der Waals surface area contributed by atoms with E-state index in [4.69, 9.17) is 0 Å². The number of nitrogens with zero attached hydrogens (tertiary/aromatic N) is 1. The normalized spacial score (nSPS) is 18.8. The van der Waals surface area contributed by atoms with Crippen LogP contribution in [0.5, 0.6) is 0 Å². The van der Waals surface area contributed by atoms with Gasteiger partial charge in [-0.15, -0.1) is 24.0 Å². The van der Waals surface area contributed by atoms with Crippen LogP contribution in [0.25, 0.3) is 0 Å². The predicted molar refractivity (Wildman–Crippen MR) is 79.1 cm³/mol.